The van der Waals surface area contributed by atoms with Crippen LogP contribution in [0.15, 0.2) is 5.38 Å². The third-order valence-electron chi connectivity index (χ3n) is 3.09. The molecule has 2 rings (SSSR count). The highest BCUT2D eigenvalue weighted by atomic mass is 32.1. The summed E-state index contributed by atoms with van der Waals surface area (Å²) in [6.07, 6.45) is 0.839. The summed E-state index contributed by atoms with van der Waals surface area (Å²) in [6.45, 7) is 8.02. The zero-order chi connectivity index (χ0) is 12.5. The highest BCUT2D eigenvalue weighted by molar-refractivity contribution is 7.09. The number of aromatic nitrogens is 1. The molecule has 1 aliphatic heterocycles. The predicted octanol–water partition coefficient (Wildman–Crippen LogP) is 1.99. The minimum atomic E-state index is -0.406. The van der Waals surface area contributed by atoms with E-state index in [1.807, 2.05) is 26.2 Å². The van der Waals surface area contributed by atoms with Gasteiger partial charge in [0.1, 0.15) is 10.6 Å². The molecule has 1 saturated heterocycles. The van der Waals surface area contributed by atoms with Gasteiger partial charge in [0, 0.05) is 18.6 Å². The average Bonchev–Trinajstić information content (AvgIpc) is 2.86. The van der Waals surface area contributed by atoms with Gasteiger partial charge in [0.2, 0.25) is 0 Å². The lowest BCUT2D eigenvalue weighted by Gasteiger charge is -2.23. The van der Waals surface area contributed by atoms with Gasteiger partial charge in [-0.05, 0) is 27.2 Å². The van der Waals surface area contributed by atoms with E-state index in [2.05, 4.69) is 4.98 Å². The van der Waals surface area contributed by atoms with Gasteiger partial charge in [0.05, 0.1) is 17.8 Å². The maximum Gasteiger partial charge on any atom is 0.124 e. The van der Waals surface area contributed by atoms with Crippen molar-refractivity contribution in [3.8, 4) is 0 Å². The normalized spacial score (nSPS) is 25.4. The second-order valence-corrected chi connectivity index (χ2v) is 5.80. The standard InChI is InChI=1S/C12H20N2O2S/c1-4-16-11(2,3)10-14-9(7-17-10)12(13)5-6-15-8-12/h7H,4-6,8,13H2,1-3H3. The summed E-state index contributed by atoms with van der Waals surface area (Å²) in [7, 11) is 0. The fourth-order valence-corrected chi connectivity index (χ4v) is 2.99. The van der Waals surface area contributed by atoms with Crippen LogP contribution in [-0.2, 0) is 20.6 Å². The monoisotopic (exact) mass is 256 g/mol. The molecule has 17 heavy (non-hydrogen) atoms. The van der Waals surface area contributed by atoms with Crippen LogP contribution in [0.2, 0.25) is 0 Å². The van der Waals surface area contributed by atoms with Gasteiger partial charge in [-0.25, -0.2) is 4.98 Å². The molecule has 0 bridgehead atoms. The second kappa shape index (κ2) is 4.65. The highest BCUT2D eigenvalue weighted by Gasteiger charge is 2.36. The Kier molecular flexibility index (Phi) is 3.54. The summed E-state index contributed by atoms with van der Waals surface area (Å²) in [6, 6.07) is 0. The van der Waals surface area contributed by atoms with Gasteiger partial charge in [0.15, 0.2) is 0 Å². The van der Waals surface area contributed by atoms with Crippen LogP contribution in [0.1, 0.15) is 37.9 Å². The maximum atomic E-state index is 6.29. The Morgan fingerprint density at radius 3 is 3.00 bits per heavy atom. The molecular formula is C12H20N2O2S. The molecule has 5 heteroatoms. The molecule has 0 aromatic carbocycles. The van der Waals surface area contributed by atoms with Crippen molar-refractivity contribution in [3.05, 3.63) is 16.1 Å². The van der Waals surface area contributed by atoms with Gasteiger partial charge in [0.25, 0.3) is 0 Å². The Morgan fingerprint density at radius 1 is 1.65 bits per heavy atom. The molecule has 0 radical (unpaired) electrons. The van der Waals surface area contributed by atoms with Crippen molar-refractivity contribution in [3.63, 3.8) is 0 Å². The molecule has 1 aliphatic rings. The number of thiazole rings is 1. The SMILES string of the molecule is CCOC(C)(C)c1nc(C2(N)CCOC2)cs1. The first-order chi connectivity index (χ1) is 7.98. The lowest BCUT2D eigenvalue weighted by Crippen LogP contribution is -2.37. The molecule has 1 aromatic rings. The fourth-order valence-electron chi connectivity index (χ4n) is 1.98. The molecule has 0 spiro atoms. The Labute approximate surface area is 106 Å². The number of nitrogens with zero attached hydrogens (tertiary/aromatic N) is 1. The van der Waals surface area contributed by atoms with Crippen LogP contribution < -0.4 is 5.73 Å². The summed E-state index contributed by atoms with van der Waals surface area (Å²) in [5.74, 6) is 0. The smallest absolute Gasteiger partial charge is 0.124 e. The zero-order valence-electron chi connectivity index (χ0n) is 10.7. The molecule has 1 fully saturated rings. The Hall–Kier alpha value is -0.490. The number of hydrogen-bond acceptors (Lipinski definition) is 5. The number of ether oxygens (including phenoxy) is 2. The predicted molar refractivity (Wildman–Crippen MR) is 68.1 cm³/mol. The van der Waals surface area contributed by atoms with Crippen molar-refractivity contribution in [2.24, 2.45) is 5.73 Å². The van der Waals surface area contributed by atoms with Crippen molar-refractivity contribution in [1.29, 1.82) is 0 Å². The quantitative estimate of drug-likeness (QED) is 0.895. The van der Waals surface area contributed by atoms with E-state index < -0.39 is 5.54 Å². The van der Waals surface area contributed by atoms with Crippen LogP contribution in [0.25, 0.3) is 0 Å². The van der Waals surface area contributed by atoms with Crippen LogP contribution in [0.3, 0.4) is 0 Å². The van der Waals surface area contributed by atoms with E-state index in [1.54, 1.807) is 11.3 Å². The highest BCUT2D eigenvalue weighted by Crippen LogP contribution is 2.33. The van der Waals surface area contributed by atoms with Gasteiger partial charge >= 0.3 is 0 Å². The van der Waals surface area contributed by atoms with Crippen LogP contribution in [0.4, 0.5) is 0 Å². The van der Waals surface area contributed by atoms with Crippen LogP contribution in [0, 0.1) is 0 Å². The summed E-state index contributed by atoms with van der Waals surface area (Å²) >= 11 is 1.61. The third-order valence-corrected chi connectivity index (χ3v) is 4.23. The molecule has 4 nitrogen and oxygen atoms in total. The molecule has 1 aromatic heterocycles. The summed E-state index contributed by atoms with van der Waals surface area (Å²) in [4.78, 5) is 4.64. The van der Waals surface area contributed by atoms with Gasteiger partial charge < -0.3 is 15.2 Å². The second-order valence-electron chi connectivity index (χ2n) is 4.94. The van der Waals surface area contributed by atoms with Gasteiger partial charge in [-0.15, -0.1) is 11.3 Å². The zero-order valence-corrected chi connectivity index (χ0v) is 11.5. The topological polar surface area (TPSA) is 57.4 Å². The minimum absolute atomic E-state index is 0.340. The van der Waals surface area contributed by atoms with Gasteiger partial charge in [-0.3, -0.25) is 0 Å². The Morgan fingerprint density at radius 2 is 2.41 bits per heavy atom. The molecule has 0 amide bonds. The first-order valence-corrected chi connectivity index (χ1v) is 6.83. The fraction of sp³-hybridized carbons (Fsp3) is 0.750. The third kappa shape index (κ3) is 2.52. The molecule has 1 atom stereocenters. The summed E-state index contributed by atoms with van der Waals surface area (Å²) in [5.41, 5.74) is 6.48. The summed E-state index contributed by atoms with van der Waals surface area (Å²) < 4.78 is 11.1. The van der Waals surface area contributed by atoms with Crippen molar-refractivity contribution >= 4 is 11.3 Å². The van der Waals surface area contributed by atoms with E-state index in [9.17, 15) is 0 Å². The van der Waals surface area contributed by atoms with Crippen LogP contribution in [-0.4, -0.2) is 24.8 Å². The van der Waals surface area contributed by atoms with E-state index in [0.717, 1.165) is 23.7 Å². The van der Waals surface area contributed by atoms with E-state index >= 15 is 0 Å². The molecule has 1 unspecified atom stereocenters. The van der Waals surface area contributed by atoms with E-state index in [-0.39, 0.29) is 5.60 Å². The Balaban J connectivity index is 2.21. The van der Waals surface area contributed by atoms with E-state index in [4.69, 9.17) is 15.2 Å². The lowest BCUT2D eigenvalue weighted by molar-refractivity contribution is -0.0143. The molecule has 0 saturated carbocycles. The van der Waals surface area contributed by atoms with Crippen molar-refractivity contribution < 1.29 is 9.47 Å². The first kappa shape index (κ1) is 13.0. The number of hydrogen-bond donors (Lipinski definition) is 1. The largest absolute Gasteiger partial charge is 0.379 e. The van der Waals surface area contributed by atoms with Crippen LogP contribution >= 0.6 is 11.3 Å². The number of rotatable bonds is 4. The summed E-state index contributed by atoms with van der Waals surface area (Å²) in [5, 5.41) is 3.01. The molecule has 2 heterocycles. The Bertz CT molecular complexity index is 384. The van der Waals surface area contributed by atoms with Gasteiger partial charge in [-0.1, -0.05) is 0 Å². The van der Waals surface area contributed by atoms with Crippen LogP contribution in [0.5, 0.6) is 0 Å². The maximum absolute atomic E-state index is 6.29. The molecule has 0 aliphatic carbocycles. The van der Waals surface area contributed by atoms with Gasteiger partial charge in [-0.2, -0.15) is 0 Å². The average molecular weight is 256 g/mol. The van der Waals surface area contributed by atoms with Crippen molar-refractivity contribution in [2.75, 3.05) is 19.8 Å². The first-order valence-electron chi connectivity index (χ1n) is 5.95. The van der Waals surface area contributed by atoms with E-state index in [1.165, 1.54) is 0 Å². The van der Waals surface area contributed by atoms with Crippen molar-refractivity contribution in [2.45, 2.75) is 38.3 Å². The molecular weight excluding hydrogens is 236 g/mol. The lowest BCUT2D eigenvalue weighted by atomic mass is 9.97. The van der Waals surface area contributed by atoms with Crippen molar-refractivity contribution in [1.82, 2.24) is 4.98 Å². The minimum Gasteiger partial charge on any atom is -0.379 e. The molecule has 2 N–H and O–H groups in total. The molecule has 96 valence electrons. The number of nitrogens with two attached hydrogens (primary N) is 1. The van der Waals surface area contributed by atoms with E-state index in [0.29, 0.717) is 13.2 Å².